The van der Waals surface area contributed by atoms with Crippen LogP contribution in [0.5, 0.6) is 11.5 Å². The molecule has 9 nitrogen and oxygen atoms in total. The predicted molar refractivity (Wildman–Crippen MR) is 162 cm³/mol. The molecule has 3 heterocycles. The van der Waals surface area contributed by atoms with Crippen LogP contribution in [0.25, 0.3) is 0 Å². The van der Waals surface area contributed by atoms with Gasteiger partial charge in [0.1, 0.15) is 18.8 Å². The van der Waals surface area contributed by atoms with Gasteiger partial charge in [-0.15, -0.1) is 0 Å². The molecule has 5 rings (SSSR count). The van der Waals surface area contributed by atoms with Crippen molar-refractivity contribution in [2.45, 2.75) is 58.5 Å². The summed E-state index contributed by atoms with van der Waals surface area (Å²) in [7, 11) is 1.61. The molecule has 1 fully saturated rings. The van der Waals surface area contributed by atoms with Crippen LogP contribution in [0.2, 0.25) is 0 Å². The highest BCUT2D eigenvalue weighted by molar-refractivity contribution is 5.90. The molecule has 222 valence electrons. The van der Waals surface area contributed by atoms with E-state index in [4.69, 9.17) is 9.47 Å². The molecule has 1 aromatic heterocycles. The summed E-state index contributed by atoms with van der Waals surface area (Å²) >= 11 is 0. The first-order valence-corrected chi connectivity index (χ1v) is 14.9. The molecule has 42 heavy (non-hydrogen) atoms. The molecule has 2 aliphatic heterocycles. The van der Waals surface area contributed by atoms with Gasteiger partial charge in [0.2, 0.25) is 5.91 Å². The lowest BCUT2D eigenvalue weighted by Crippen LogP contribution is -2.40. The van der Waals surface area contributed by atoms with Crippen LogP contribution in [-0.4, -0.2) is 59.4 Å². The van der Waals surface area contributed by atoms with E-state index >= 15 is 0 Å². The fraction of sp³-hybridized carbons (Fsp3) is 0.455. The Kier molecular flexibility index (Phi) is 9.69. The lowest BCUT2D eigenvalue weighted by atomic mass is 9.89. The Morgan fingerprint density at radius 2 is 1.98 bits per heavy atom. The van der Waals surface area contributed by atoms with Gasteiger partial charge in [0.05, 0.1) is 25.4 Å². The third-order valence-electron chi connectivity index (χ3n) is 7.89. The maximum Gasteiger partial charge on any atom is 0.223 e. The molecule has 3 aromatic rings. The largest absolute Gasteiger partial charge is 0.493 e. The summed E-state index contributed by atoms with van der Waals surface area (Å²) in [6.07, 6.45) is 4.87. The summed E-state index contributed by atoms with van der Waals surface area (Å²) in [5.74, 6) is 1.93. The van der Waals surface area contributed by atoms with Crippen molar-refractivity contribution in [2.75, 3.05) is 32.1 Å². The van der Waals surface area contributed by atoms with Crippen LogP contribution in [0.4, 0.5) is 11.5 Å². The van der Waals surface area contributed by atoms with Crippen LogP contribution in [0.3, 0.4) is 0 Å². The monoisotopic (exact) mass is 571 g/mol. The molecule has 1 saturated heterocycles. The zero-order valence-corrected chi connectivity index (χ0v) is 24.8. The van der Waals surface area contributed by atoms with E-state index in [2.05, 4.69) is 51.5 Å². The summed E-state index contributed by atoms with van der Waals surface area (Å²) in [5, 5.41) is 6.43. The molecule has 0 aliphatic carbocycles. The Morgan fingerprint density at radius 3 is 2.81 bits per heavy atom. The van der Waals surface area contributed by atoms with Gasteiger partial charge in [0.25, 0.3) is 0 Å². The number of fused-ring (bicyclic) bond motifs is 7. The van der Waals surface area contributed by atoms with E-state index < -0.39 is 0 Å². The number of hydrogen-bond donors (Lipinski definition) is 2. The molecule has 9 heteroatoms. The number of carbonyl (C=O) groups excluding carboxylic acids is 2. The van der Waals surface area contributed by atoms with Crippen LogP contribution >= 0.6 is 0 Å². The van der Waals surface area contributed by atoms with E-state index in [9.17, 15) is 9.59 Å². The molecular formula is C33H41N5O4. The molecule has 2 aromatic carbocycles. The molecule has 1 amide bonds. The Morgan fingerprint density at radius 1 is 1.10 bits per heavy atom. The maximum absolute atomic E-state index is 13.6. The van der Waals surface area contributed by atoms with E-state index in [1.54, 1.807) is 13.4 Å². The molecule has 2 atom stereocenters. The summed E-state index contributed by atoms with van der Waals surface area (Å²) < 4.78 is 11.6. The fourth-order valence-corrected chi connectivity index (χ4v) is 5.94. The van der Waals surface area contributed by atoms with E-state index in [0.717, 1.165) is 41.9 Å². The second kappa shape index (κ2) is 13.8. The van der Waals surface area contributed by atoms with Gasteiger partial charge >= 0.3 is 0 Å². The van der Waals surface area contributed by atoms with Crippen molar-refractivity contribution in [1.82, 2.24) is 20.2 Å². The van der Waals surface area contributed by atoms with Crippen molar-refractivity contribution < 1.29 is 19.1 Å². The van der Waals surface area contributed by atoms with Crippen molar-refractivity contribution in [3.63, 3.8) is 0 Å². The van der Waals surface area contributed by atoms with Crippen molar-refractivity contribution in [2.24, 2.45) is 11.8 Å². The van der Waals surface area contributed by atoms with Crippen molar-refractivity contribution in [3.8, 4) is 11.5 Å². The molecule has 0 spiro atoms. The van der Waals surface area contributed by atoms with Crippen molar-refractivity contribution >= 4 is 23.2 Å². The van der Waals surface area contributed by atoms with Gasteiger partial charge in [-0.1, -0.05) is 32.0 Å². The van der Waals surface area contributed by atoms with E-state index in [-0.39, 0.29) is 36.7 Å². The number of rotatable bonds is 3. The van der Waals surface area contributed by atoms with E-state index in [1.165, 1.54) is 0 Å². The van der Waals surface area contributed by atoms with Gasteiger partial charge in [-0.25, -0.2) is 9.97 Å². The van der Waals surface area contributed by atoms with E-state index in [1.807, 2.05) is 36.4 Å². The summed E-state index contributed by atoms with van der Waals surface area (Å²) in [5.41, 5.74) is 3.93. The van der Waals surface area contributed by atoms with Crippen LogP contribution in [0, 0.1) is 11.8 Å². The minimum absolute atomic E-state index is 0.0913. The quantitative estimate of drug-likeness (QED) is 0.457. The molecule has 0 unspecified atom stereocenters. The minimum Gasteiger partial charge on any atom is -0.493 e. The number of nitrogens with zero attached hydrogens (tertiary/aromatic N) is 3. The number of aromatic nitrogens is 2. The maximum atomic E-state index is 13.6. The van der Waals surface area contributed by atoms with E-state index in [0.29, 0.717) is 49.2 Å². The SMILES string of the molecule is COc1ccc2cc1OCCNC(=O)[C@H](CC(C)C)CC(=O)[C@@H]1CCCN1Cc1cccc(c1)Nc1cc(ncn1)C2. The van der Waals surface area contributed by atoms with Gasteiger partial charge < -0.3 is 20.1 Å². The third-order valence-corrected chi connectivity index (χ3v) is 7.89. The molecule has 6 bridgehead atoms. The van der Waals surface area contributed by atoms with Gasteiger partial charge in [-0.3, -0.25) is 14.5 Å². The highest BCUT2D eigenvalue weighted by atomic mass is 16.5. The minimum atomic E-state index is -0.364. The van der Waals surface area contributed by atoms with Crippen molar-refractivity contribution in [3.05, 3.63) is 71.7 Å². The lowest BCUT2D eigenvalue weighted by molar-refractivity contribution is -0.131. The van der Waals surface area contributed by atoms with Crippen LogP contribution in [0.1, 0.15) is 56.4 Å². The number of methoxy groups -OCH3 is 1. The average molecular weight is 572 g/mol. The Bertz CT molecular complexity index is 1390. The molecule has 2 N–H and O–H groups in total. The van der Waals surface area contributed by atoms with Crippen LogP contribution in [0.15, 0.2) is 54.9 Å². The van der Waals surface area contributed by atoms with Crippen molar-refractivity contribution in [1.29, 1.82) is 0 Å². The Labute approximate surface area is 248 Å². The van der Waals surface area contributed by atoms with Crippen LogP contribution in [-0.2, 0) is 22.6 Å². The topological polar surface area (TPSA) is 106 Å². The number of ether oxygens (including phenoxy) is 2. The van der Waals surface area contributed by atoms with Crippen LogP contribution < -0.4 is 20.1 Å². The van der Waals surface area contributed by atoms with Gasteiger partial charge in [0.15, 0.2) is 17.3 Å². The molecule has 0 saturated carbocycles. The first-order chi connectivity index (χ1) is 20.4. The average Bonchev–Trinajstić information content (AvgIpc) is 3.43. The Balaban J connectivity index is 1.43. The van der Waals surface area contributed by atoms with Gasteiger partial charge in [-0.05, 0) is 67.1 Å². The smallest absolute Gasteiger partial charge is 0.223 e. The number of amides is 1. The number of hydrogen-bond acceptors (Lipinski definition) is 8. The number of anilines is 2. The summed E-state index contributed by atoms with van der Waals surface area (Å²) in [4.78, 5) is 38.0. The number of nitrogens with one attached hydrogen (secondary N) is 2. The van der Waals surface area contributed by atoms with Gasteiger partial charge in [0, 0.05) is 37.1 Å². The standard InChI is InChI=1S/C33H41N5O4/c1-22(2)14-25-18-29(39)28-8-5-12-38(28)20-24-6-4-7-26(16-24)37-32-19-27(35-21-36-32)15-23-9-10-30(41-3)31(17-23)42-13-11-34-33(25)40/h4,6-7,9-10,16-17,19,21-22,25,28H,5,8,11-15,18,20H2,1-3H3,(H,34,40)(H,35,36,37)/t25-,28+/m1/s1. The number of benzene rings is 2. The predicted octanol–water partition coefficient (Wildman–Crippen LogP) is 4.91. The molecule has 0 radical (unpaired) electrons. The number of carbonyl (C=O) groups is 2. The first kappa shape index (κ1) is 29.5. The first-order valence-electron chi connectivity index (χ1n) is 14.9. The summed E-state index contributed by atoms with van der Waals surface area (Å²) in [6.45, 7) is 6.34. The highest BCUT2D eigenvalue weighted by Gasteiger charge is 2.33. The highest BCUT2D eigenvalue weighted by Crippen LogP contribution is 2.30. The second-order valence-electron chi connectivity index (χ2n) is 11.6. The fourth-order valence-electron chi connectivity index (χ4n) is 5.94. The third kappa shape index (κ3) is 7.64. The normalized spacial score (nSPS) is 20.4. The molecule has 2 aliphatic rings. The van der Waals surface area contributed by atoms with Gasteiger partial charge in [-0.2, -0.15) is 0 Å². The number of ketones is 1. The zero-order chi connectivity index (χ0) is 29.5. The summed E-state index contributed by atoms with van der Waals surface area (Å²) in [6, 6.07) is 15.8. The lowest BCUT2D eigenvalue weighted by Gasteiger charge is -2.26. The molecular weight excluding hydrogens is 530 g/mol. The number of Topliss-reactive ketones (excluding diaryl/α,β-unsaturated/α-hetero) is 1. The zero-order valence-electron chi connectivity index (χ0n) is 24.8. The Hall–Kier alpha value is -3.98. The second-order valence-corrected chi connectivity index (χ2v) is 11.6.